The Bertz CT molecular complexity index is 2060. The van der Waals surface area contributed by atoms with Crippen molar-refractivity contribution in [2.45, 2.75) is 139 Å². The number of halogens is 7. The zero-order valence-corrected chi connectivity index (χ0v) is 42.0. The Morgan fingerprint density at radius 1 is 0.375 bits per heavy atom. The van der Waals surface area contributed by atoms with Gasteiger partial charge in [-0.2, -0.15) is 13.2 Å². The molecule has 0 fully saturated rings. The Hall–Kier alpha value is -4.62. The third-order valence-corrected chi connectivity index (χ3v) is 10.8. The zero-order chi connectivity index (χ0) is 48.7. The van der Waals surface area contributed by atoms with E-state index in [9.17, 15) is 26.3 Å². The molecule has 7 heteroatoms. The van der Waals surface area contributed by atoms with Crippen molar-refractivity contribution in [3.05, 3.63) is 212 Å². The van der Waals surface area contributed by atoms with Crippen molar-refractivity contribution in [1.29, 1.82) is 0 Å². The van der Waals surface area contributed by atoms with Gasteiger partial charge in [-0.25, -0.2) is 13.2 Å². The van der Waals surface area contributed by atoms with Crippen molar-refractivity contribution in [2.24, 2.45) is 0 Å². The van der Waals surface area contributed by atoms with Crippen LogP contribution in [0.2, 0.25) is 0 Å². The average molecular weight is 950 g/mol. The molecule has 0 atom stereocenters. The van der Waals surface area contributed by atoms with Crippen LogP contribution in [0.4, 0.5) is 26.3 Å². The van der Waals surface area contributed by atoms with Crippen LogP contribution >= 0.6 is 15.9 Å². The fourth-order valence-electron chi connectivity index (χ4n) is 6.15. The summed E-state index contributed by atoms with van der Waals surface area (Å²) < 4.78 is 75.6. The van der Waals surface area contributed by atoms with Crippen LogP contribution in [0.1, 0.15) is 169 Å². The van der Waals surface area contributed by atoms with Gasteiger partial charge in [-0.15, -0.1) is 0 Å². The molecule has 0 amide bonds. The lowest BCUT2D eigenvalue weighted by molar-refractivity contribution is -0.138. The topological polar surface area (TPSA) is 0 Å². The summed E-state index contributed by atoms with van der Waals surface area (Å²) >= 11 is 3.31. The van der Waals surface area contributed by atoms with Gasteiger partial charge in [0.05, 0.1) is 5.56 Å². The standard InChI is InChI=1S/C10H11F3.C10H13F.C10H14.C9H10BrF.C9H11F.C9H12/c1-7(2)8-5-3-4-6-9(8)10(11,12)13;1-7(2)10-5-4-9(11)6-8(10)3;1-8(2)10-6-4-9(3)5-7-10;1-6(2)8-4-3-7(11)5-9(8)10;1-7(2)8-3-5-9(10)6-4-8;1-8(2)9-6-4-3-5-7-9/h3-7H,1-2H3;4-7H,1-3H3;4-8H,1-3H3;3-6H,1-2H3;3-7H,1-2H3;3-8H,1-2H3. The van der Waals surface area contributed by atoms with E-state index in [2.05, 4.69) is 141 Å². The number of aryl methyl sites for hydroxylation is 2. The second kappa shape index (κ2) is 29.0. The number of benzene rings is 6. The van der Waals surface area contributed by atoms with Gasteiger partial charge in [0.1, 0.15) is 17.5 Å². The van der Waals surface area contributed by atoms with E-state index >= 15 is 0 Å². The second-order valence-electron chi connectivity index (χ2n) is 17.6. The van der Waals surface area contributed by atoms with Gasteiger partial charge in [0.2, 0.25) is 0 Å². The minimum Gasteiger partial charge on any atom is -0.207 e. The van der Waals surface area contributed by atoms with Crippen molar-refractivity contribution in [3.8, 4) is 0 Å². The van der Waals surface area contributed by atoms with E-state index in [0.29, 0.717) is 35.2 Å². The van der Waals surface area contributed by atoms with Crippen LogP contribution in [0.15, 0.2) is 144 Å². The van der Waals surface area contributed by atoms with Crippen LogP contribution in [0.5, 0.6) is 0 Å². The van der Waals surface area contributed by atoms with Gasteiger partial charge in [-0.3, -0.25) is 0 Å². The molecule has 0 N–H and O–H groups in total. The van der Waals surface area contributed by atoms with E-state index in [1.807, 2.05) is 37.3 Å². The van der Waals surface area contributed by atoms with Crippen molar-refractivity contribution in [2.75, 3.05) is 0 Å². The maximum absolute atomic E-state index is 12.6. The fraction of sp³-hybridized carbons (Fsp3) is 0.368. The molecule has 0 spiro atoms. The van der Waals surface area contributed by atoms with Crippen molar-refractivity contribution in [1.82, 2.24) is 0 Å². The molecule has 6 aromatic carbocycles. The predicted octanol–water partition coefficient (Wildman–Crippen LogP) is 19.7. The molecule has 0 aliphatic rings. The minimum atomic E-state index is -4.24. The third-order valence-electron chi connectivity index (χ3n) is 10.1. The highest BCUT2D eigenvalue weighted by Gasteiger charge is 2.33. The first-order valence-corrected chi connectivity index (χ1v) is 22.9. The normalized spacial score (nSPS) is 10.8. The van der Waals surface area contributed by atoms with E-state index in [0.717, 1.165) is 21.7 Å². The molecule has 64 heavy (non-hydrogen) atoms. The molecule has 0 nitrogen and oxygen atoms in total. The summed E-state index contributed by atoms with van der Waals surface area (Å²) in [4.78, 5) is 0. The SMILES string of the molecule is CC(C)c1ccc(F)cc1.CC(C)c1ccc(F)cc1Br.CC(C)c1ccccc1.CC(C)c1ccccc1C(F)(F)F.Cc1cc(F)ccc1C(C)C.Cc1ccc(C(C)C)cc1. The maximum Gasteiger partial charge on any atom is 0.416 e. The van der Waals surface area contributed by atoms with Crippen LogP contribution in [0, 0.1) is 31.3 Å². The van der Waals surface area contributed by atoms with Gasteiger partial charge >= 0.3 is 6.18 Å². The molecule has 0 aliphatic carbocycles. The molecule has 0 unspecified atom stereocenters. The van der Waals surface area contributed by atoms with Crippen LogP contribution in [0.25, 0.3) is 0 Å². The highest BCUT2D eigenvalue weighted by molar-refractivity contribution is 9.10. The third kappa shape index (κ3) is 22.3. The number of rotatable bonds is 6. The van der Waals surface area contributed by atoms with Crippen LogP contribution in [-0.4, -0.2) is 0 Å². The van der Waals surface area contributed by atoms with Gasteiger partial charge in [-0.05, 0) is 131 Å². The van der Waals surface area contributed by atoms with Crippen LogP contribution in [0.3, 0.4) is 0 Å². The van der Waals surface area contributed by atoms with E-state index in [1.54, 1.807) is 26.0 Å². The quantitative estimate of drug-likeness (QED) is 0.146. The van der Waals surface area contributed by atoms with Gasteiger partial charge in [-0.1, -0.05) is 202 Å². The first-order valence-electron chi connectivity index (χ1n) is 22.1. The number of hydrogen-bond acceptors (Lipinski definition) is 0. The Kier molecular flexibility index (Phi) is 26.0. The smallest absolute Gasteiger partial charge is 0.207 e. The summed E-state index contributed by atoms with van der Waals surface area (Å²) in [5, 5.41) is 0. The second-order valence-corrected chi connectivity index (χ2v) is 18.4. The van der Waals surface area contributed by atoms with E-state index < -0.39 is 11.7 Å². The summed E-state index contributed by atoms with van der Waals surface area (Å²) in [6.45, 7) is 29.0. The summed E-state index contributed by atoms with van der Waals surface area (Å²) in [5.74, 6) is 2.11. The predicted molar refractivity (Wildman–Crippen MR) is 265 cm³/mol. The number of alkyl halides is 3. The average Bonchev–Trinajstić information content (AvgIpc) is 3.22. The molecule has 6 aromatic rings. The maximum atomic E-state index is 12.6. The highest BCUT2D eigenvalue weighted by Crippen LogP contribution is 2.34. The first-order chi connectivity index (χ1) is 29.8. The lowest BCUT2D eigenvalue weighted by Crippen LogP contribution is -2.09. The molecule has 0 aromatic heterocycles. The summed E-state index contributed by atoms with van der Waals surface area (Å²) in [6.07, 6.45) is -4.24. The van der Waals surface area contributed by atoms with E-state index in [1.165, 1.54) is 70.3 Å². The van der Waals surface area contributed by atoms with Crippen molar-refractivity contribution in [3.63, 3.8) is 0 Å². The number of hydrogen-bond donors (Lipinski definition) is 0. The molecule has 0 bridgehead atoms. The molecule has 0 aliphatic heterocycles. The molecule has 348 valence electrons. The van der Waals surface area contributed by atoms with Crippen LogP contribution < -0.4 is 0 Å². The largest absolute Gasteiger partial charge is 0.416 e. The van der Waals surface area contributed by atoms with Gasteiger partial charge < -0.3 is 0 Å². The van der Waals surface area contributed by atoms with Gasteiger partial charge in [0, 0.05) is 4.47 Å². The van der Waals surface area contributed by atoms with Gasteiger partial charge in [0.25, 0.3) is 0 Å². The lowest BCUT2D eigenvalue weighted by atomic mass is 9.97. The fourth-order valence-corrected chi connectivity index (χ4v) is 6.96. The Labute approximate surface area is 390 Å². The van der Waals surface area contributed by atoms with Crippen molar-refractivity contribution < 1.29 is 26.3 Å². The Morgan fingerprint density at radius 2 is 0.750 bits per heavy atom. The molecule has 0 heterocycles. The molecule has 0 saturated heterocycles. The lowest BCUT2D eigenvalue weighted by Gasteiger charge is -2.14. The first kappa shape index (κ1) is 57.4. The zero-order valence-electron chi connectivity index (χ0n) is 40.4. The summed E-state index contributed by atoms with van der Waals surface area (Å²) in [6, 6.07) is 41.3. The molecular formula is C57H71BrF6. The monoisotopic (exact) mass is 948 g/mol. The summed E-state index contributed by atoms with van der Waals surface area (Å²) in [7, 11) is 0. The van der Waals surface area contributed by atoms with E-state index in [4.69, 9.17) is 0 Å². The Balaban J connectivity index is 0.000000385. The highest BCUT2D eigenvalue weighted by atomic mass is 79.9. The molecule has 0 radical (unpaired) electrons. The minimum absolute atomic E-state index is 0.0992. The molecular weight excluding hydrogens is 879 g/mol. The van der Waals surface area contributed by atoms with Gasteiger partial charge in [0.15, 0.2) is 0 Å². The molecule has 6 rings (SSSR count). The van der Waals surface area contributed by atoms with Crippen molar-refractivity contribution >= 4 is 15.9 Å². The summed E-state index contributed by atoms with van der Waals surface area (Å²) in [5.41, 5.74) is 8.60. The van der Waals surface area contributed by atoms with E-state index in [-0.39, 0.29) is 23.4 Å². The molecule has 0 saturated carbocycles. The Morgan fingerprint density at radius 3 is 1.12 bits per heavy atom. The van der Waals surface area contributed by atoms with Crippen LogP contribution in [-0.2, 0) is 6.18 Å².